The van der Waals surface area contributed by atoms with Crippen LogP contribution in [-0.2, 0) is 6.54 Å². The molecule has 0 saturated carbocycles. The SMILES string of the molecule is CN=C(NCc1cccc(C)c1)NCC1CCCN(C(C)C)C1.I. The van der Waals surface area contributed by atoms with Crippen LogP contribution in [0.15, 0.2) is 29.3 Å². The third kappa shape index (κ3) is 6.97. The number of hydrogen-bond donors (Lipinski definition) is 2. The van der Waals surface area contributed by atoms with Crippen molar-refractivity contribution in [3.63, 3.8) is 0 Å². The number of piperidine rings is 1. The molecule has 4 nitrogen and oxygen atoms in total. The fourth-order valence-corrected chi connectivity index (χ4v) is 3.20. The molecular weight excluding hydrogens is 411 g/mol. The van der Waals surface area contributed by atoms with Crippen LogP contribution in [0, 0.1) is 12.8 Å². The zero-order chi connectivity index (χ0) is 16.7. The Morgan fingerprint density at radius 1 is 1.33 bits per heavy atom. The molecule has 24 heavy (non-hydrogen) atoms. The van der Waals surface area contributed by atoms with Gasteiger partial charge in [-0.2, -0.15) is 0 Å². The van der Waals surface area contributed by atoms with Crippen LogP contribution in [0.1, 0.15) is 37.8 Å². The predicted molar refractivity (Wildman–Crippen MR) is 114 cm³/mol. The number of aliphatic imine (C=N–C) groups is 1. The van der Waals surface area contributed by atoms with Gasteiger partial charge >= 0.3 is 0 Å². The average Bonchev–Trinajstić information content (AvgIpc) is 2.55. The third-order valence-electron chi connectivity index (χ3n) is 4.60. The molecule has 0 bridgehead atoms. The number of guanidine groups is 1. The number of nitrogens with zero attached hydrogens (tertiary/aromatic N) is 2. The Bertz CT molecular complexity index is 516. The summed E-state index contributed by atoms with van der Waals surface area (Å²) in [5.41, 5.74) is 2.58. The molecule has 1 heterocycles. The maximum absolute atomic E-state index is 4.34. The van der Waals surface area contributed by atoms with Crippen molar-refractivity contribution in [1.29, 1.82) is 0 Å². The summed E-state index contributed by atoms with van der Waals surface area (Å²) in [5, 5.41) is 6.91. The molecule has 1 unspecified atom stereocenters. The third-order valence-corrected chi connectivity index (χ3v) is 4.60. The Morgan fingerprint density at radius 3 is 2.79 bits per heavy atom. The number of halogens is 1. The first-order chi connectivity index (χ1) is 11.1. The monoisotopic (exact) mass is 444 g/mol. The molecule has 0 spiro atoms. The summed E-state index contributed by atoms with van der Waals surface area (Å²) in [7, 11) is 1.84. The van der Waals surface area contributed by atoms with E-state index >= 15 is 0 Å². The Kier molecular flexibility index (Phi) is 9.66. The number of likely N-dealkylation sites (tertiary alicyclic amines) is 1. The van der Waals surface area contributed by atoms with Crippen LogP contribution >= 0.6 is 24.0 Å². The van der Waals surface area contributed by atoms with E-state index in [1.807, 2.05) is 7.05 Å². The lowest BCUT2D eigenvalue weighted by Gasteiger charge is -2.35. The fourth-order valence-electron chi connectivity index (χ4n) is 3.20. The molecule has 1 aromatic rings. The Balaban J connectivity index is 0.00000288. The van der Waals surface area contributed by atoms with E-state index < -0.39 is 0 Å². The number of nitrogens with one attached hydrogen (secondary N) is 2. The minimum atomic E-state index is 0. The van der Waals surface area contributed by atoms with E-state index in [0.29, 0.717) is 12.0 Å². The van der Waals surface area contributed by atoms with Gasteiger partial charge in [0.15, 0.2) is 5.96 Å². The molecule has 0 aromatic heterocycles. The highest BCUT2D eigenvalue weighted by Crippen LogP contribution is 2.17. The van der Waals surface area contributed by atoms with Crippen LogP contribution in [0.4, 0.5) is 0 Å². The highest BCUT2D eigenvalue weighted by Gasteiger charge is 2.21. The van der Waals surface area contributed by atoms with E-state index in [9.17, 15) is 0 Å². The second-order valence-corrected chi connectivity index (χ2v) is 6.89. The van der Waals surface area contributed by atoms with E-state index in [-0.39, 0.29) is 24.0 Å². The number of hydrogen-bond acceptors (Lipinski definition) is 2. The lowest BCUT2D eigenvalue weighted by molar-refractivity contribution is 0.141. The van der Waals surface area contributed by atoms with Gasteiger partial charge in [0, 0.05) is 32.7 Å². The maximum Gasteiger partial charge on any atom is 0.191 e. The predicted octanol–water partition coefficient (Wildman–Crippen LogP) is 3.40. The van der Waals surface area contributed by atoms with Crippen molar-refractivity contribution in [2.45, 2.75) is 46.2 Å². The number of aryl methyl sites for hydroxylation is 1. The lowest BCUT2D eigenvalue weighted by atomic mass is 9.97. The lowest BCUT2D eigenvalue weighted by Crippen LogP contribution is -2.45. The van der Waals surface area contributed by atoms with Gasteiger partial charge in [0.2, 0.25) is 0 Å². The molecule has 2 N–H and O–H groups in total. The topological polar surface area (TPSA) is 39.7 Å². The molecule has 1 aliphatic rings. The zero-order valence-electron chi connectivity index (χ0n) is 15.5. The molecule has 0 amide bonds. The molecule has 1 aromatic carbocycles. The van der Waals surface area contributed by atoms with Crippen LogP contribution in [0.25, 0.3) is 0 Å². The molecule has 1 fully saturated rings. The smallest absolute Gasteiger partial charge is 0.191 e. The van der Waals surface area contributed by atoms with E-state index in [0.717, 1.165) is 19.0 Å². The van der Waals surface area contributed by atoms with Gasteiger partial charge in [-0.15, -0.1) is 24.0 Å². The van der Waals surface area contributed by atoms with E-state index in [4.69, 9.17) is 0 Å². The van der Waals surface area contributed by atoms with E-state index in [2.05, 4.69) is 65.6 Å². The summed E-state index contributed by atoms with van der Waals surface area (Å²) in [6.07, 6.45) is 2.62. The summed E-state index contributed by atoms with van der Waals surface area (Å²) >= 11 is 0. The Hall–Kier alpha value is -0.820. The van der Waals surface area contributed by atoms with Crippen molar-refractivity contribution in [1.82, 2.24) is 15.5 Å². The zero-order valence-corrected chi connectivity index (χ0v) is 17.8. The molecule has 0 radical (unpaired) electrons. The average molecular weight is 444 g/mol. The van der Waals surface area contributed by atoms with Gasteiger partial charge in [-0.3, -0.25) is 4.99 Å². The first kappa shape index (κ1) is 21.2. The summed E-state index contributed by atoms with van der Waals surface area (Å²) in [6.45, 7) is 10.9. The second-order valence-electron chi connectivity index (χ2n) is 6.89. The van der Waals surface area contributed by atoms with E-state index in [1.165, 1.54) is 37.1 Å². The van der Waals surface area contributed by atoms with Crippen LogP contribution in [-0.4, -0.2) is 43.6 Å². The van der Waals surface area contributed by atoms with Crippen molar-refractivity contribution in [2.75, 3.05) is 26.7 Å². The highest BCUT2D eigenvalue weighted by atomic mass is 127. The molecule has 136 valence electrons. The standard InChI is InChI=1S/C19H32N4.HI/c1-15(2)23-10-6-9-18(14-23)13-22-19(20-4)21-12-17-8-5-7-16(3)11-17;/h5,7-8,11,15,18H,6,9-10,12-14H2,1-4H3,(H2,20,21,22);1H. The molecule has 1 aliphatic heterocycles. The van der Waals surface area contributed by atoms with Gasteiger partial charge in [0.05, 0.1) is 0 Å². The normalized spacial score (nSPS) is 19.0. The van der Waals surface area contributed by atoms with Crippen LogP contribution < -0.4 is 10.6 Å². The Morgan fingerprint density at radius 2 is 2.12 bits per heavy atom. The van der Waals surface area contributed by atoms with Gasteiger partial charge < -0.3 is 15.5 Å². The largest absolute Gasteiger partial charge is 0.356 e. The van der Waals surface area contributed by atoms with Gasteiger partial charge in [0.1, 0.15) is 0 Å². The molecular formula is C19H33IN4. The fraction of sp³-hybridized carbons (Fsp3) is 0.632. The summed E-state index contributed by atoms with van der Waals surface area (Å²) in [6, 6.07) is 9.23. The van der Waals surface area contributed by atoms with E-state index in [1.54, 1.807) is 0 Å². The quantitative estimate of drug-likeness (QED) is 0.416. The van der Waals surface area contributed by atoms with Gasteiger partial charge in [0.25, 0.3) is 0 Å². The minimum absolute atomic E-state index is 0. The molecule has 0 aliphatic carbocycles. The van der Waals surface area contributed by atoms with Crippen molar-refractivity contribution in [3.05, 3.63) is 35.4 Å². The number of rotatable bonds is 5. The van der Waals surface area contributed by atoms with Crippen LogP contribution in [0.2, 0.25) is 0 Å². The first-order valence-electron chi connectivity index (χ1n) is 8.82. The Labute approximate surface area is 164 Å². The highest BCUT2D eigenvalue weighted by molar-refractivity contribution is 14.0. The van der Waals surface area contributed by atoms with Gasteiger partial charge in [-0.1, -0.05) is 29.8 Å². The first-order valence-corrected chi connectivity index (χ1v) is 8.82. The second kappa shape index (κ2) is 10.9. The summed E-state index contributed by atoms with van der Waals surface area (Å²) in [4.78, 5) is 6.93. The van der Waals surface area contributed by atoms with Crippen molar-refractivity contribution >= 4 is 29.9 Å². The molecule has 1 saturated heterocycles. The van der Waals surface area contributed by atoms with Gasteiger partial charge in [-0.05, 0) is 51.6 Å². The van der Waals surface area contributed by atoms with Crippen molar-refractivity contribution in [3.8, 4) is 0 Å². The summed E-state index contributed by atoms with van der Waals surface area (Å²) < 4.78 is 0. The number of benzene rings is 1. The maximum atomic E-state index is 4.34. The minimum Gasteiger partial charge on any atom is -0.356 e. The van der Waals surface area contributed by atoms with Crippen LogP contribution in [0.3, 0.4) is 0 Å². The van der Waals surface area contributed by atoms with Crippen molar-refractivity contribution < 1.29 is 0 Å². The molecule has 2 rings (SSSR count). The molecule has 1 atom stereocenters. The van der Waals surface area contributed by atoms with Gasteiger partial charge in [-0.25, -0.2) is 0 Å². The van der Waals surface area contributed by atoms with Crippen LogP contribution in [0.5, 0.6) is 0 Å². The van der Waals surface area contributed by atoms with Crippen molar-refractivity contribution in [2.24, 2.45) is 10.9 Å². The summed E-state index contributed by atoms with van der Waals surface area (Å²) in [5.74, 6) is 1.61. The molecule has 5 heteroatoms.